The molecular formula is C92H123N15O22. The second kappa shape index (κ2) is 49.5. The predicted octanol–water partition coefficient (Wildman–Crippen LogP) is 11.5. The van der Waals surface area contributed by atoms with Gasteiger partial charge in [-0.25, -0.2) is 19.2 Å². The summed E-state index contributed by atoms with van der Waals surface area (Å²) in [7, 11) is 0. The molecule has 1 aromatic carbocycles. The Kier molecular flexibility index (Phi) is 38.7. The topological polar surface area (TPSA) is 520 Å². The number of aliphatic carboxylic acids is 4. The van der Waals surface area contributed by atoms with Gasteiger partial charge < -0.3 is 109 Å². The van der Waals surface area contributed by atoms with Crippen LogP contribution in [0.5, 0.6) is 0 Å². The molecule has 0 aliphatic heterocycles. The van der Waals surface area contributed by atoms with Crippen LogP contribution >= 0.6 is 0 Å². The molecule has 698 valence electrons. The average Bonchev–Trinajstić information content (AvgIpc) is 1.20. The molecule has 7 aromatic heterocycles. The molecule has 12 atom stereocenters. The summed E-state index contributed by atoms with van der Waals surface area (Å²) >= 11 is 0. The van der Waals surface area contributed by atoms with E-state index in [0.717, 1.165) is 85.1 Å². The van der Waals surface area contributed by atoms with E-state index in [1.807, 2.05) is 119 Å². The summed E-state index contributed by atoms with van der Waals surface area (Å²) in [6, 6.07) is 17.1. The maximum atomic E-state index is 12.0. The van der Waals surface area contributed by atoms with Crippen LogP contribution in [0.2, 0.25) is 0 Å². The third-order valence-corrected chi connectivity index (χ3v) is 22.4. The monoisotopic (exact) mass is 1790 g/mol. The maximum Gasteiger partial charge on any atom is 0.331 e. The number of rotatable bonds is 40. The Balaban J connectivity index is 0.000000194. The zero-order valence-electron chi connectivity index (χ0n) is 75.7. The fraction of sp³-hybridized carbons (Fsp3) is 0.511. The first kappa shape index (κ1) is 101. The normalized spacial score (nSPS) is 20.8. The highest BCUT2D eigenvalue weighted by Gasteiger charge is 2.43. The van der Waals surface area contributed by atoms with E-state index in [9.17, 15) is 58.8 Å². The van der Waals surface area contributed by atoms with Gasteiger partial charge in [0.15, 0.2) is 23.2 Å². The number of ether oxygens (including phenoxy) is 4. The third-order valence-electron chi connectivity index (χ3n) is 22.4. The van der Waals surface area contributed by atoms with E-state index in [4.69, 9.17) is 45.8 Å². The van der Waals surface area contributed by atoms with Crippen molar-refractivity contribution >= 4 is 47.5 Å². The minimum absolute atomic E-state index is 0.0228. The lowest BCUT2D eigenvalue weighted by Gasteiger charge is -2.38. The van der Waals surface area contributed by atoms with Gasteiger partial charge in [0.2, 0.25) is 23.6 Å². The van der Waals surface area contributed by atoms with E-state index < -0.39 is 84.5 Å². The van der Waals surface area contributed by atoms with Crippen LogP contribution < -0.4 is 42.5 Å². The smallest absolute Gasteiger partial charge is 0.331 e. The summed E-state index contributed by atoms with van der Waals surface area (Å²) in [6.45, 7) is 28.8. The van der Waals surface area contributed by atoms with Crippen LogP contribution in [0, 0.1) is 20.8 Å². The Labute approximate surface area is 749 Å². The van der Waals surface area contributed by atoms with Crippen LogP contribution in [0.4, 0.5) is 0 Å². The van der Waals surface area contributed by atoms with Gasteiger partial charge in [-0.1, -0.05) is 94.6 Å². The van der Waals surface area contributed by atoms with Crippen molar-refractivity contribution in [3.8, 4) is 46.0 Å². The number of pyridine rings is 1. The van der Waals surface area contributed by atoms with Crippen molar-refractivity contribution < 1.29 is 105 Å². The van der Waals surface area contributed by atoms with E-state index in [1.165, 1.54) is 34.0 Å². The molecule has 7 heterocycles. The van der Waals surface area contributed by atoms with Gasteiger partial charge in [0.1, 0.15) is 23.0 Å². The fourth-order valence-corrected chi connectivity index (χ4v) is 15.7. The minimum atomic E-state index is -1.01. The van der Waals surface area contributed by atoms with E-state index >= 15 is 0 Å². The van der Waals surface area contributed by atoms with Gasteiger partial charge in [-0.05, 0) is 176 Å². The van der Waals surface area contributed by atoms with E-state index in [2.05, 4.69) is 77.9 Å². The summed E-state index contributed by atoms with van der Waals surface area (Å²) in [5.74, 6) is 0.0362. The number of aryl methyl sites for hydroxylation is 3. The molecule has 129 heavy (non-hydrogen) atoms. The highest BCUT2D eigenvalue weighted by molar-refractivity contribution is 5.89. The summed E-state index contributed by atoms with van der Waals surface area (Å²) in [4.78, 5) is 112. The molecule has 0 spiro atoms. The molecule has 4 aliphatic rings. The lowest BCUT2D eigenvalue weighted by molar-refractivity contribution is -0.134. The standard InChI is InChI=1S/C25H34N2O6.C24H32N4O5.C22H29N5O5.C21H28N4O6/c1-6-18(7-2)32-22-11-17(25(29)30)10-20(24(22)27-16(5)28)26-12-19-8-9-21(33-19)23-14(3)13-31-15(23)4;1-5-18(6-2)32-20-12-17(24(30)31)11-19(22(20)26-15(4)29)25-13-21-27-23(33-28-21)16-9-7-8-14(3)10-16;1-4-15(5-2)31-18-11-14(22(29)30)10-17(20(18)25-13(3)28)24-12-19-26-21(32-27-19)16-8-6-7-9-23-16;1-4-14(5-2)30-17-10-13(21(27)28)9-15(19(17)23-12(3)26)22-11-18-24-20(31-25-18)16-7-6-8-29-16/h8-9,11,13,18,20,22,24,26H,6-7,10,12H2,1-5H3,(H,27,28)(H,29,30);7-10,12,18-20,22,25H,5-6,11,13H2,1-4H3,(H,26,29)(H,30,31);6-9,11,15,17-18,20,24H,4-5,10,12H2,1-3H3,(H,25,28)(H,29,30);6-8,10,14-15,17,19,22H,4-5,9,11H2,1-3H3,(H,23,26)(H,27,28)/t20-,22+,24+;19-,20+,22+;17-,18+,20+;15-,17+,19+/m0000/s1. The van der Waals surface area contributed by atoms with Gasteiger partial charge in [-0.2, -0.15) is 15.0 Å². The Morgan fingerprint density at radius 3 is 1.15 bits per heavy atom. The van der Waals surface area contributed by atoms with Crippen molar-refractivity contribution in [1.82, 2.24) is 77.9 Å². The highest BCUT2D eigenvalue weighted by atomic mass is 16.5. The first-order valence-corrected chi connectivity index (χ1v) is 43.9. The van der Waals surface area contributed by atoms with Gasteiger partial charge in [0.25, 0.3) is 17.7 Å². The number of carbonyl (C=O) groups excluding carboxylic acids is 4. The molecule has 4 aliphatic carbocycles. The number of furan rings is 3. The Morgan fingerprint density at radius 2 is 0.806 bits per heavy atom. The Morgan fingerprint density at radius 1 is 0.426 bits per heavy atom. The van der Waals surface area contributed by atoms with Crippen LogP contribution in [-0.4, -0.2) is 201 Å². The van der Waals surface area contributed by atoms with Crippen LogP contribution in [0.1, 0.15) is 200 Å². The van der Waals surface area contributed by atoms with Crippen LogP contribution in [0.25, 0.3) is 46.0 Å². The molecule has 0 fully saturated rings. The molecule has 12 rings (SSSR count). The Bertz CT molecular complexity index is 5070. The van der Waals surface area contributed by atoms with Crippen molar-refractivity contribution in [3.05, 3.63) is 172 Å². The number of aromatic nitrogens is 7. The average molecular weight is 1790 g/mol. The van der Waals surface area contributed by atoms with Crippen LogP contribution in [-0.2, 0) is 83.5 Å². The quantitative estimate of drug-likeness (QED) is 0.0170. The maximum absolute atomic E-state index is 12.0. The summed E-state index contributed by atoms with van der Waals surface area (Å²) < 4.78 is 57.4. The molecular weight excluding hydrogens is 1670 g/mol. The molecule has 0 saturated carbocycles. The van der Waals surface area contributed by atoms with E-state index in [0.29, 0.717) is 53.0 Å². The summed E-state index contributed by atoms with van der Waals surface area (Å²) in [6.07, 6.45) is 16.1. The molecule has 0 unspecified atom stereocenters. The molecule has 0 saturated heterocycles. The number of nitrogens with one attached hydrogen (secondary N) is 8. The molecule has 0 bridgehead atoms. The van der Waals surface area contributed by atoms with Gasteiger partial charge in [-0.3, -0.25) is 24.2 Å². The number of hydrogen-bond donors (Lipinski definition) is 12. The van der Waals surface area contributed by atoms with Crippen molar-refractivity contribution in [2.75, 3.05) is 0 Å². The summed E-state index contributed by atoms with van der Waals surface area (Å²) in [5.41, 5.74) is 5.41. The zero-order valence-corrected chi connectivity index (χ0v) is 75.7. The van der Waals surface area contributed by atoms with Crippen LogP contribution in [0.15, 0.2) is 159 Å². The number of carboxylic acid groups (broad SMARTS) is 4. The van der Waals surface area contributed by atoms with E-state index in [-0.39, 0.29) is 134 Å². The van der Waals surface area contributed by atoms with Gasteiger partial charge in [0.05, 0.1) is 117 Å². The number of carbonyl (C=O) groups is 8. The second-order valence-electron chi connectivity index (χ2n) is 32.0. The molecule has 37 heteroatoms. The molecule has 8 aromatic rings. The molecule has 4 amide bonds. The van der Waals surface area contributed by atoms with Crippen LogP contribution in [0.3, 0.4) is 0 Å². The predicted molar refractivity (Wildman–Crippen MR) is 471 cm³/mol. The number of nitrogens with zero attached hydrogens (tertiary/aromatic N) is 7. The van der Waals surface area contributed by atoms with Crippen molar-refractivity contribution in [1.29, 1.82) is 0 Å². The van der Waals surface area contributed by atoms with Crippen molar-refractivity contribution in [2.24, 2.45) is 0 Å². The van der Waals surface area contributed by atoms with Crippen molar-refractivity contribution in [2.45, 2.75) is 304 Å². The molecule has 12 N–H and O–H groups in total. The third kappa shape index (κ3) is 29.5. The second-order valence-corrected chi connectivity index (χ2v) is 32.0. The highest BCUT2D eigenvalue weighted by Crippen LogP contribution is 2.34. The van der Waals surface area contributed by atoms with Crippen molar-refractivity contribution in [3.63, 3.8) is 0 Å². The van der Waals surface area contributed by atoms with E-state index in [1.54, 1.807) is 61.0 Å². The Hall–Kier alpha value is -12.0. The van der Waals surface area contributed by atoms with Gasteiger partial charge >= 0.3 is 23.9 Å². The molecule has 37 nitrogen and oxygen atoms in total. The zero-order chi connectivity index (χ0) is 93.5. The van der Waals surface area contributed by atoms with Gasteiger partial charge in [0, 0.05) is 85.9 Å². The minimum Gasteiger partial charge on any atom is -0.478 e. The lowest BCUT2D eigenvalue weighted by Crippen LogP contribution is -2.58. The molecule has 0 radical (unpaired) electrons. The van der Waals surface area contributed by atoms with Gasteiger partial charge in [-0.15, -0.1) is 0 Å². The first-order chi connectivity index (χ1) is 61.8. The summed E-state index contributed by atoms with van der Waals surface area (Å²) in [5, 5.41) is 75.5. The first-order valence-electron chi connectivity index (χ1n) is 43.9. The number of amides is 4. The number of hydrogen-bond acceptors (Lipinski definition) is 29. The SMILES string of the molecule is CCC(CC)O[C@@H]1C=C(C(=O)O)C[C@H](NCc2ccc(-c3c(C)coc3C)o2)[C@H]1NC(C)=O.CCC(CC)O[C@@H]1C=C(C(=O)O)C[C@H](NCc2noc(-c3cccc(C)c3)n2)[C@H]1NC(C)=O.CCC(CC)O[C@@H]1C=C(C(=O)O)C[C@H](NCc2noc(-c3ccccn3)n2)[C@H]1NC(C)=O.CCC(CC)O[C@@H]1C=C(C(=O)O)C[C@H](NCc2noc(-c3ccco3)n2)[C@H]1NC(C)=O. The number of carboxylic acids is 4. The lowest BCUT2D eigenvalue weighted by atomic mass is 9.87. The fourth-order valence-electron chi connectivity index (χ4n) is 15.7. The number of benzene rings is 1. The largest absolute Gasteiger partial charge is 0.478 e.